The molecule has 0 saturated heterocycles. The Morgan fingerprint density at radius 1 is 1.19 bits per heavy atom. The van der Waals surface area contributed by atoms with E-state index in [-0.39, 0.29) is 24.2 Å². The molecule has 1 rings (SSSR count). The van der Waals surface area contributed by atoms with Crippen LogP contribution in [-0.4, -0.2) is 33.5 Å². The Hall–Kier alpha value is -2.35. The Kier molecular flexibility index (Phi) is 8.31. The molecule has 7 nitrogen and oxygen atoms in total. The molecule has 0 atom stereocenters. The maximum Gasteiger partial charge on any atom is 0.302 e. The van der Waals surface area contributed by atoms with Crippen molar-refractivity contribution in [1.82, 2.24) is 9.88 Å². The largest absolute Gasteiger partial charge is 0.466 e. The van der Waals surface area contributed by atoms with Crippen LogP contribution >= 0.6 is 11.8 Å². The zero-order valence-electron chi connectivity index (χ0n) is 15.8. The van der Waals surface area contributed by atoms with Crippen LogP contribution in [0.1, 0.15) is 45.4 Å². The number of thioether (sulfide) groups is 1. The van der Waals surface area contributed by atoms with Gasteiger partial charge in [-0.1, -0.05) is 17.8 Å². The van der Waals surface area contributed by atoms with Gasteiger partial charge >= 0.3 is 5.97 Å². The number of allylic oxidation sites excluding steroid dienone is 1. The molecule has 0 radical (unpaired) electrons. The van der Waals surface area contributed by atoms with Crippen molar-refractivity contribution < 1.29 is 19.1 Å². The van der Waals surface area contributed by atoms with Crippen LogP contribution in [0.25, 0.3) is 0 Å². The quantitative estimate of drug-likeness (QED) is 0.727. The van der Waals surface area contributed by atoms with Crippen molar-refractivity contribution in [1.29, 1.82) is 0 Å². The fourth-order valence-electron chi connectivity index (χ4n) is 2.29. The number of ether oxygens (including phenoxy) is 1. The summed E-state index contributed by atoms with van der Waals surface area (Å²) in [6.07, 6.45) is 0.348. The van der Waals surface area contributed by atoms with E-state index in [0.717, 1.165) is 23.0 Å². The number of carbonyl (C=O) groups is 3. The summed E-state index contributed by atoms with van der Waals surface area (Å²) in [5, 5.41) is -0.109. The third-order valence-electron chi connectivity index (χ3n) is 3.57. The van der Waals surface area contributed by atoms with Gasteiger partial charge in [0.1, 0.15) is 5.82 Å². The van der Waals surface area contributed by atoms with Crippen LogP contribution in [0, 0.1) is 6.92 Å². The lowest BCUT2D eigenvalue weighted by molar-refractivity contribution is -0.140. The lowest BCUT2D eigenvalue weighted by atomic mass is 10.2. The van der Waals surface area contributed by atoms with E-state index in [1.165, 1.54) is 20.8 Å². The molecule has 1 heterocycles. The Balaban J connectivity index is 3.14. The smallest absolute Gasteiger partial charge is 0.302 e. The van der Waals surface area contributed by atoms with Gasteiger partial charge in [0, 0.05) is 49.1 Å². The number of nitrogens with two attached hydrogens (primary N) is 1. The molecule has 2 N–H and O–H groups in total. The summed E-state index contributed by atoms with van der Waals surface area (Å²) in [5.74, 6) is -0.210. The Morgan fingerprint density at radius 3 is 2.35 bits per heavy atom. The van der Waals surface area contributed by atoms with Gasteiger partial charge in [0.25, 0.3) is 0 Å². The summed E-state index contributed by atoms with van der Waals surface area (Å²) in [6, 6.07) is 3.66. The van der Waals surface area contributed by atoms with Crippen LogP contribution in [0.5, 0.6) is 0 Å². The number of amides is 1. The van der Waals surface area contributed by atoms with Gasteiger partial charge in [-0.2, -0.15) is 0 Å². The van der Waals surface area contributed by atoms with Crippen molar-refractivity contribution >= 4 is 34.6 Å². The fourth-order valence-corrected chi connectivity index (χ4v) is 3.08. The van der Waals surface area contributed by atoms with E-state index in [1.807, 2.05) is 19.1 Å². The first-order valence-corrected chi connectivity index (χ1v) is 8.95. The van der Waals surface area contributed by atoms with Gasteiger partial charge in [0.2, 0.25) is 5.91 Å². The Morgan fingerprint density at radius 2 is 1.85 bits per heavy atom. The highest BCUT2D eigenvalue weighted by Crippen LogP contribution is 2.28. The maximum absolute atomic E-state index is 12.2. The minimum atomic E-state index is -0.392. The van der Waals surface area contributed by atoms with Gasteiger partial charge in [-0.3, -0.25) is 14.4 Å². The number of hydrogen-bond acceptors (Lipinski definition) is 7. The number of pyridine rings is 1. The molecule has 0 aliphatic heterocycles. The highest BCUT2D eigenvalue weighted by atomic mass is 32.2. The maximum atomic E-state index is 12.2. The number of hydrogen-bond donors (Lipinski definition) is 1. The Labute approximate surface area is 158 Å². The highest BCUT2D eigenvalue weighted by molar-refractivity contribution is 8.16. The molecule has 1 amide bonds. The fraction of sp³-hybridized carbons (Fsp3) is 0.444. The van der Waals surface area contributed by atoms with Crippen molar-refractivity contribution in [2.24, 2.45) is 0 Å². The van der Waals surface area contributed by atoms with E-state index in [4.69, 9.17) is 10.5 Å². The number of esters is 1. The molecule has 0 aliphatic carbocycles. The average Bonchev–Trinajstić information content (AvgIpc) is 2.51. The second-order valence-corrected chi connectivity index (χ2v) is 7.07. The topological polar surface area (TPSA) is 103 Å². The molecule has 0 unspecified atom stereocenters. The van der Waals surface area contributed by atoms with Crippen LogP contribution in [0.4, 0.5) is 5.82 Å². The highest BCUT2D eigenvalue weighted by Gasteiger charge is 2.19. The number of aryl methyl sites for hydroxylation is 1. The molecule has 0 spiro atoms. The number of aromatic nitrogens is 1. The van der Waals surface area contributed by atoms with Crippen molar-refractivity contribution in [2.75, 3.05) is 12.3 Å². The van der Waals surface area contributed by atoms with Gasteiger partial charge in [-0.25, -0.2) is 4.98 Å². The van der Waals surface area contributed by atoms with E-state index in [2.05, 4.69) is 4.98 Å². The summed E-state index contributed by atoms with van der Waals surface area (Å²) < 4.78 is 4.96. The van der Waals surface area contributed by atoms with Crippen molar-refractivity contribution in [3.8, 4) is 0 Å². The van der Waals surface area contributed by atoms with E-state index in [1.54, 1.807) is 11.8 Å². The van der Waals surface area contributed by atoms with E-state index in [0.29, 0.717) is 22.8 Å². The lowest BCUT2D eigenvalue weighted by Gasteiger charge is -2.25. The molecule has 142 valence electrons. The first-order chi connectivity index (χ1) is 12.1. The minimum absolute atomic E-state index is 0.109. The molecule has 1 aromatic heterocycles. The zero-order valence-corrected chi connectivity index (χ0v) is 16.6. The van der Waals surface area contributed by atoms with E-state index in [9.17, 15) is 14.4 Å². The monoisotopic (exact) mass is 379 g/mol. The first-order valence-electron chi connectivity index (χ1n) is 8.13. The molecule has 26 heavy (non-hydrogen) atoms. The molecule has 0 aromatic carbocycles. The number of anilines is 1. The van der Waals surface area contributed by atoms with Crippen LogP contribution in [-0.2, 0) is 25.7 Å². The van der Waals surface area contributed by atoms with E-state index >= 15 is 0 Å². The summed E-state index contributed by atoms with van der Waals surface area (Å²) in [5.41, 5.74) is 8.10. The normalized spacial score (nSPS) is 11.6. The third kappa shape index (κ3) is 6.87. The standard InChI is InChI=1S/C18H25N3O4S/c1-11-6-7-16(18(19)20-11)10-21(13(3)22)12(2)17(26-15(5)24)8-9-25-14(4)23/h6-7H,8-10H2,1-5H3,(H2,19,20)/b17-12-. The van der Waals surface area contributed by atoms with Gasteiger partial charge in [-0.05, 0) is 19.9 Å². The van der Waals surface area contributed by atoms with Crippen molar-refractivity contribution in [3.05, 3.63) is 34.0 Å². The predicted octanol–water partition coefficient (Wildman–Crippen LogP) is 2.79. The SMILES string of the molecule is CC(=O)OCC/C(SC(C)=O)=C(\C)N(Cc1ccc(C)nc1N)C(C)=O. The number of rotatable bonds is 7. The first kappa shape index (κ1) is 21.7. The molecular weight excluding hydrogens is 354 g/mol. The van der Waals surface area contributed by atoms with Crippen LogP contribution in [0.2, 0.25) is 0 Å². The second-order valence-electron chi connectivity index (χ2n) is 5.79. The summed E-state index contributed by atoms with van der Waals surface area (Å²) in [7, 11) is 0. The predicted molar refractivity (Wildman–Crippen MR) is 102 cm³/mol. The molecule has 0 fully saturated rings. The van der Waals surface area contributed by atoms with Gasteiger partial charge < -0.3 is 15.4 Å². The molecule has 0 saturated carbocycles. The molecule has 0 aliphatic rings. The van der Waals surface area contributed by atoms with Crippen molar-refractivity contribution in [3.63, 3.8) is 0 Å². The van der Waals surface area contributed by atoms with Crippen LogP contribution in [0.15, 0.2) is 22.7 Å². The van der Waals surface area contributed by atoms with Gasteiger partial charge in [0.05, 0.1) is 13.2 Å². The average molecular weight is 379 g/mol. The van der Waals surface area contributed by atoms with Gasteiger partial charge in [0.15, 0.2) is 5.12 Å². The number of nitrogens with zero attached hydrogens (tertiary/aromatic N) is 2. The zero-order chi connectivity index (χ0) is 19.9. The van der Waals surface area contributed by atoms with Crippen LogP contribution < -0.4 is 5.73 Å². The summed E-state index contributed by atoms with van der Waals surface area (Å²) >= 11 is 1.03. The third-order valence-corrected chi connectivity index (χ3v) is 4.60. The molecule has 8 heteroatoms. The molecule has 1 aromatic rings. The lowest BCUT2D eigenvalue weighted by Crippen LogP contribution is -2.28. The van der Waals surface area contributed by atoms with Gasteiger partial charge in [-0.15, -0.1) is 0 Å². The molecular formula is C18H25N3O4S. The summed E-state index contributed by atoms with van der Waals surface area (Å²) in [6.45, 7) is 8.21. The second kappa shape index (κ2) is 9.96. The number of nitrogen functional groups attached to an aromatic ring is 1. The number of carbonyl (C=O) groups excluding carboxylic acids is 3. The minimum Gasteiger partial charge on any atom is -0.466 e. The Bertz CT molecular complexity index is 731. The van der Waals surface area contributed by atoms with E-state index < -0.39 is 5.97 Å². The molecule has 0 bridgehead atoms. The van der Waals surface area contributed by atoms with Crippen LogP contribution in [0.3, 0.4) is 0 Å². The summed E-state index contributed by atoms with van der Waals surface area (Å²) in [4.78, 5) is 41.2. The van der Waals surface area contributed by atoms with Crippen molar-refractivity contribution in [2.45, 2.75) is 47.6 Å².